The van der Waals surface area contributed by atoms with Crippen LogP contribution in [-0.4, -0.2) is 13.2 Å². The molecule has 140 valence electrons. The van der Waals surface area contributed by atoms with Crippen molar-refractivity contribution in [3.63, 3.8) is 0 Å². The second-order valence-electron chi connectivity index (χ2n) is 7.80. The maximum Gasteiger partial charge on any atom is 0.0644 e. The summed E-state index contributed by atoms with van der Waals surface area (Å²) in [6, 6.07) is 9.54. The lowest BCUT2D eigenvalue weighted by Gasteiger charge is -2.28. The molecule has 1 aliphatic rings. The molecule has 0 N–H and O–H groups in total. The molecule has 1 heteroatoms. The topological polar surface area (TPSA) is 9.23 Å². The van der Waals surface area contributed by atoms with E-state index in [1.165, 1.54) is 76.2 Å². The molecular weight excluding hydrogens is 304 g/mol. The van der Waals surface area contributed by atoms with Gasteiger partial charge in [-0.25, -0.2) is 0 Å². The van der Waals surface area contributed by atoms with E-state index in [-0.39, 0.29) is 0 Å². The molecule has 1 nitrogen and oxygen atoms in total. The van der Waals surface area contributed by atoms with E-state index in [1.54, 1.807) is 5.56 Å². The highest BCUT2D eigenvalue weighted by molar-refractivity contribution is 5.26. The van der Waals surface area contributed by atoms with Crippen LogP contribution < -0.4 is 0 Å². The highest BCUT2D eigenvalue weighted by atomic mass is 16.5. The molecule has 2 rings (SSSR count). The third-order valence-corrected chi connectivity index (χ3v) is 5.71. The molecule has 1 aromatic carbocycles. The summed E-state index contributed by atoms with van der Waals surface area (Å²) in [4.78, 5) is 0. The van der Waals surface area contributed by atoms with Gasteiger partial charge < -0.3 is 4.74 Å². The molecule has 25 heavy (non-hydrogen) atoms. The zero-order chi connectivity index (χ0) is 17.7. The largest absolute Gasteiger partial charge is 0.377 e. The Labute approximate surface area is 155 Å². The molecule has 0 heterocycles. The SMILES string of the molecule is C=CCOC[C@H]1CC[C@H](c2ccc(CCCCCCCC)cc2)CC1. The van der Waals surface area contributed by atoms with Crippen LogP contribution in [0.25, 0.3) is 0 Å². The highest BCUT2D eigenvalue weighted by Gasteiger charge is 2.22. The van der Waals surface area contributed by atoms with Gasteiger partial charge in [0.2, 0.25) is 0 Å². The van der Waals surface area contributed by atoms with E-state index in [0.29, 0.717) is 6.61 Å². The summed E-state index contributed by atoms with van der Waals surface area (Å²) in [6.07, 6.45) is 16.6. The molecular formula is C24H38O. The third kappa shape index (κ3) is 7.77. The minimum Gasteiger partial charge on any atom is -0.377 e. The fourth-order valence-corrected chi connectivity index (χ4v) is 4.05. The summed E-state index contributed by atoms with van der Waals surface area (Å²) in [5, 5.41) is 0. The van der Waals surface area contributed by atoms with E-state index in [9.17, 15) is 0 Å². The van der Waals surface area contributed by atoms with Gasteiger partial charge in [-0.2, -0.15) is 0 Å². The molecule has 1 saturated carbocycles. The van der Waals surface area contributed by atoms with Crippen molar-refractivity contribution < 1.29 is 4.74 Å². The van der Waals surface area contributed by atoms with E-state index >= 15 is 0 Å². The van der Waals surface area contributed by atoms with Gasteiger partial charge in [0.25, 0.3) is 0 Å². The van der Waals surface area contributed by atoms with Gasteiger partial charge in [0.05, 0.1) is 6.61 Å². The monoisotopic (exact) mass is 342 g/mol. The van der Waals surface area contributed by atoms with Crippen LogP contribution in [0.4, 0.5) is 0 Å². The normalized spacial score (nSPS) is 20.5. The fraction of sp³-hybridized carbons (Fsp3) is 0.667. The summed E-state index contributed by atoms with van der Waals surface area (Å²) in [5.74, 6) is 1.52. The number of ether oxygens (including phenoxy) is 1. The van der Waals surface area contributed by atoms with E-state index in [1.807, 2.05) is 6.08 Å². The van der Waals surface area contributed by atoms with Gasteiger partial charge >= 0.3 is 0 Å². The van der Waals surface area contributed by atoms with Crippen LogP contribution in [0.5, 0.6) is 0 Å². The van der Waals surface area contributed by atoms with Gasteiger partial charge in [-0.1, -0.05) is 69.4 Å². The summed E-state index contributed by atoms with van der Waals surface area (Å²) >= 11 is 0. The van der Waals surface area contributed by atoms with Gasteiger partial charge in [-0.3, -0.25) is 0 Å². The average molecular weight is 343 g/mol. The Morgan fingerprint density at radius 1 is 0.960 bits per heavy atom. The van der Waals surface area contributed by atoms with E-state index in [2.05, 4.69) is 37.8 Å². The van der Waals surface area contributed by atoms with Gasteiger partial charge in [-0.05, 0) is 61.5 Å². The molecule has 0 atom stereocenters. The minimum atomic E-state index is 0.694. The number of unbranched alkanes of at least 4 members (excludes halogenated alkanes) is 5. The van der Waals surface area contributed by atoms with Crippen LogP contribution in [0.2, 0.25) is 0 Å². The van der Waals surface area contributed by atoms with Gasteiger partial charge in [-0.15, -0.1) is 6.58 Å². The maximum absolute atomic E-state index is 5.63. The molecule has 0 unspecified atom stereocenters. The Morgan fingerprint density at radius 3 is 2.32 bits per heavy atom. The molecule has 0 bridgehead atoms. The second-order valence-corrected chi connectivity index (χ2v) is 7.80. The van der Waals surface area contributed by atoms with Crippen molar-refractivity contribution >= 4 is 0 Å². The number of rotatable bonds is 12. The number of hydrogen-bond donors (Lipinski definition) is 0. The van der Waals surface area contributed by atoms with Crippen LogP contribution in [0.15, 0.2) is 36.9 Å². The molecule has 1 aliphatic carbocycles. The predicted molar refractivity (Wildman–Crippen MR) is 109 cm³/mol. The Hall–Kier alpha value is -1.08. The summed E-state index contributed by atoms with van der Waals surface area (Å²) < 4.78 is 5.63. The number of benzene rings is 1. The van der Waals surface area contributed by atoms with Gasteiger partial charge in [0, 0.05) is 6.61 Å². The zero-order valence-electron chi connectivity index (χ0n) is 16.3. The first kappa shape index (κ1) is 20.2. The minimum absolute atomic E-state index is 0.694. The Balaban J connectivity index is 1.65. The molecule has 1 fully saturated rings. The molecule has 1 aromatic rings. The third-order valence-electron chi connectivity index (χ3n) is 5.71. The van der Waals surface area contributed by atoms with Crippen molar-refractivity contribution in [2.24, 2.45) is 5.92 Å². The zero-order valence-corrected chi connectivity index (χ0v) is 16.3. The lowest BCUT2D eigenvalue weighted by Crippen LogP contribution is -2.18. The van der Waals surface area contributed by atoms with E-state index < -0.39 is 0 Å². The molecule has 0 amide bonds. The van der Waals surface area contributed by atoms with Crippen LogP contribution in [0.1, 0.15) is 88.2 Å². The Bertz CT molecular complexity index is 453. The van der Waals surface area contributed by atoms with Crippen LogP contribution >= 0.6 is 0 Å². The van der Waals surface area contributed by atoms with E-state index in [0.717, 1.165) is 18.4 Å². The molecule has 0 radical (unpaired) electrons. The number of hydrogen-bond acceptors (Lipinski definition) is 1. The van der Waals surface area contributed by atoms with Crippen molar-refractivity contribution in [1.29, 1.82) is 0 Å². The standard InChI is InChI=1S/C24H38O/c1-3-5-6-7-8-9-10-21-11-15-23(16-12-21)24-17-13-22(14-18-24)20-25-19-4-2/h4,11-12,15-16,22,24H,2-3,5-10,13-14,17-20H2,1H3/t22-,24-. The molecule has 0 spiro atoms. The molecule has 0 aromatic heterocycles. The van der Waals surface area contributed by atoms with Crippen molar-refractivity contribution in [2.45, 2.75) is 83.5 Å². The fourth-order valence-electron chi connectivity index (χ4n) is 4.05. The van der Waals surface area contributed by atoms with E-state index in [4.69, 9.17) is 4.74 Å². The first-order chi connectivity index (χ1) is 12.3. The van der Waals surface area contributed by atoms with Crippen LogP contribution in [0.3, 0.4) is 0 Å². The average Bonchev–Trinajstić information content (AvgIpc) is 2.66. The summed E-state index contributed by atoms with van der Waals surface area (Å²) in [6.45, 7) is 7.60. The van der Waals surface area contributed by atoms with Crippen molar-refractivity contribution in [2.75, 3.05) is 13.2 Å². The van der Waals surface area contributed by atoms with Crippen molar-refractivity contribution in [3.05, 3.63) is 48.0 Å². The summed E-state index contributed by atoms with van der Waals surface area (Å²) in [7, 11) is 0. The Morgan fingerprint density at radius 2 is 1.64 bits per heavy atom. The molecule has 0 saturated heterocycles. The first-order valence-electron chi connectivity index (χ1n) is 10.6. The molecule has 0 aliphatic heterocycles. The lowest BCUT2D eigenvalue weighted by molar-refractivity contribution is 0.102. The second kappa shape index (κ2) is 12.3. The van der Waals surface area contributed by atoms with Gasteiger partial charge in [0.15, 0.2) is 0 Å². The lowest BCUT2D eigenvalue weighted by atomic mass is 9.79. The first-order valence-corrected chi connectivity index (χ1v) is 10.6. The van der Waals surface area contributed by atoms with Crippen LogP contribution in [0, 0.1) is 5.92 Å². The highest BCUT2D eigenvalue weighted by Crippen LogP contribution is 2.36. The van der Waals surface area contributed by atoms with Crippen molar-refractivity contribution in [1.82, 2.24) is 0 Å². The summed E-state index contributed by atoms with van der Waals surface area (Å²) in [5.41, 5.74) is 3.07. The maximum atomic E-state index is 5.63. The van der Waals surface area contributed by atoms with Crippen molar-refractivity contribution in [3.8, 4) is 0 Å². The predicted octanol–water partition coefficient (Wildman–Crippen LogP) is 7.07. The number of aryl methyl sites for hydroxylation is 1. The van der Waals surface area contributed by atoms with Gasteiger partial charge in [0.1, 0.15) is 0 Å². The smallest absolute Gasteiger partial charge is 0.0644 e. The Kier molecular flexibility index (Phi) is 9.96. The quantitative estimate of drug-likeness (QED) is 0.292. The van der Waals surface area contributed by atoms with Crippen LogP contribution in [-0.2, 0) is 11.2 Å².